The van der Waals surface area contributed by atoms with E-state index in [-0.39, 0.29) is 12.4 Å². The number of hydrogen-bond acceptors (Lipinski definition) is 3. The van der Waals surface area contributed by atoms with Crippen molar-refractivity contribution in [2.75, 3.05) is 5.73 Å². The molecule has 116 valence electrons. The van der Waals surface area contributed by atoms with Crippen molar-refractivity contribution < 1.29 is 13.2 Å². The third kappa shape index (κ3) is 2.59. The minimum Gasteiger partial charge on any atom is -0.383 e. The van der Waals surface area contributed by atoms with Crippen LogP contribution in [0.1, 0.15) is 16.8 Å². The van der Waals surface area contributed by atoms with Crippen molar-refractivity contribution in [3.63, 3.8) is 0 Å². The average molecular weight is 316 g/mol. The number of alkyl halides is 3. The third-order valence-corrected chi connectivity index (χ3v) is 3.57. The Balaban J connectivity index is 2.10. The Morgan fingerprint density at radius 2 is 1.83 bits per heavy atom. The van der Waals surface area contributed by atoms with Crippen molar-refractivity contribution in [1.82, 2.24) is 9.78 Å². The van der Waals surface area contributed by atoms with Crippen molar-refractivity contribution in [2.45, 2.75) is 12.7 Å². The number of benzene rings is 2. The Labute approximate surface area is 129 Å². The van der Waals surface area contributed by atoms with Gasteiger partial charge in [0.25, 0.3) is 0 Å². The van der Waals surface area contributed by atoms with Gasteiger partial charge in [-0.05, 0) is 16.3 Å². The van der Waals surface area contributed by atoms with E-state index in [4.69, 9.17) is 11.0 Å². The van der Waals surface area contributed by atoms with E-state index in [0.717, 1.165) is 21.0 Å². The lowest BCUT2D eigenvalue weighted by Crippen LogP contribution is -2.10. The summed E-state index contributed by atoms with van der Waals surface area (Å²) >= 11 is 0. The summed E-state index contributed by atoms with van der Waals surface area (Å²) in [4.78, 5) is 0. The molecule has 0 saturated carbocycles. The molecule has 1 aromatic heterocycles. The summed E-state index contributed by atoms with van der Waals surface area (Å²) in [5.41, 5.74) is 4.56. The second-order valence-electron chi connectivity index (χ2n) is 5.01. The Bertz CT molecular complexity index is 914. The molecule has 2 aromatic carbocycles. The average Bonchev–Trinajstić information content (AvgIpc) is 2.84. The monoisotopic (exact) mass is 316 g/mol. The minimum absolute atomic E-state index is 0.0535. The highest BCUT2D eigenvalue weighted by atomic mass is 19.4. The number of halogens is 3. The summed E-state index contributed by atoms with van der Waals surface area (Å²) < 4.78 is 39.8. The lowest BCUT2D eigenvalue weighted by molar-refractivity contribution is -0.141. The predicted octanol–water partition coefficient (Wildman–Crippen LogP) is 3.56. The summed E-state index contributed by atoms with van der Waals surface area (Å²) in [7, 11) is 0. The molecule has 0 radical (unpaired) electrons. The van der Waals surface area contributed by atoms with Gasteiger partial charge in [-0.1, -0.05) is 42.5 Å². The predicted molar refractivity (Wildman–Crippen MR) is 79.4 cm³/mol. The lowest BCUT2D eigenvalue weighted by atomic mass is 10.0. The molecular weight excluding hydrogens is 305 g/mol. The Morgan fingerprint density at radius 3 is 2.48 bits per heavy atom. The Morgan fingerprint density at radius 1 is 1.13 bits per heavy atom. The van der Waals surface area contributed by atoms with E-state index in [1.807, 2.05) is 36.4 Å². The summed E-state index contributed by atoms with van der Waals surface area (Å²) in [6.45, 7) is 0.0535. The molecule has 0 saturated heterocycles. The van der Waals surface area contributed by atoms with Crippen LogP contribution in [-0.4, -0.2) is 9.78 Å². The van der Waals surface area contributed by atoms with E-state index in [0.29, 0.717) is 0 Å². The zero-order chi connectivity index (χ0) is 16.6. The number of nitriles is 1. The van der Waals surface area contributed by atoms with Gasteiger partial charge in [0, 0.05) is 0 Å². The zero-order valence-corrected chi connectivity index (χ0v) is 11.8. The van der Waals surface area contributed by atoms with Crippen molar-refractivity contribution in [3.8, 4) is 6.07 Å². The van der Waals surface area contributed by atoms with E-state index in [2.05, 4.69) is 5.10 Å². The molecule has 0 amide bonds. The number of nitrogens with two attached hydrogens (primary N) is 1. The SMILES string of the molecule is N#Cc1c(C(F)(F)F)nn(Cc2cccc3ccccc23)c1N. The molecule has 0 bridgehead atoms. The summed E-state index contributed by atoms with van der Waals surface area (Å²) in [5, 5.41) is 14.3. The molecule has 0 aliphatic rings. The maximum atomic E-state index is 12.9. The second kappa shape index (κ2) is 5.32. The second-order valence-corrected chi connectivity index (χ2v) is 5.01. The van der Waals surface area contributed by atoms with Gasteiger partial charge >= 0.3 is 6.18 Å². The van der Waals surface area contributed by atoms with Crippen LogP contribution in [0.4, 0.5) is 19.0 Å². The molecule has 0 unspecified atom stereocenters. The highest BCUT2D eigenvalue weighted by Crippen LogP contribution is 2.33. The van der Waals surface area contributed by atoms with E-state index < -0.39 is 17.4 Å². The molecule has 0 aliphatic heterocycles. The highest BCUT2D eigenvalue weighted by molar-refractivity contribution is 5.85. The Kier molecular flexibility index (Phi) is 3.45. The van der Waals surface area contributed by atoms with Crippen LogP contribution in [0.2, 0.25) is 0 Å². The fraction of sp³-hybridized carbons (Fsp3) is 0.125. The van der Waals surface area contributed by atoms with Crippen LogP contribution in [-0.2, 0) is 12.7 Å². The van der Waals surface area contributed by atoms with Crippen LogP contribution in [0, 0.1) is 11.3 Å². The highest BCUT2D eigenvalue weighted by Gasteiger charge is 2.39. The van der Waals surface area contributed by atoms with Gasteiger partial charge in [0.05, 0.1) is 6.54 Å². The first-order valence-electron chi connectivity index (χ1n) is 6.72. The van der Waals surface area contributed by atoms with E-state index in [1.165, 1.54) is 6.07 Å². The van der Waals surface area contributed by atoms with E-state index >= 15 is 0 Å². The number of nitrogens with zero attached hydrogens (tertiary/aromatic N) is 3. The maximum absolute atomic E-state index is 12.9. The Hall–Kier alpha value is -3.01. The third-order valence-electron chi connectivity index (χ3n) is 3.57. The number of aromatic nitrogens is 2. The van der Waals surface area contributed by atoms with Crippen LogP contribution < -0.4 is 5.73 Å². The van der Waals surface area contributed by atoms with Gasteiger partial charge in [0.2, 0.25) is 0 Å². The van der Waals surface area contributed by atoms with Crippen LogP contribution in [0.15, 0.2) is 42.5 Å². The molecular formula is C16H11F3N4. The van der Waals surface area contributed by atoms with E-state index in [1.54, 1.807) is 6.07 Å². The van der Waals surface area contributed by atoms with Crippen LogP contribution >= 0.6 is 0 Å². The number of hydrogen-bond donors (Lipinski definition) is 1. The molecule has 0 aliphatic carbocycles. The van der Waals surface area contributed by atoms with E-state index in [9.17, 15) is 13.2 Å². The first kappa shape index (κ1) is 14.9. The molecule has 0 spiro atoms. The summed E-state index contributed by atoms with van der Waals surface area (Å²) in [6, 6.07) is 14.5. The van der Waals surface area contributed by atoms with Crippen LogP contribution in [0.3, 0.4) is 0 Å². The fourth-order valence-electron chi connectivity index (χ4n) is 2.50. The van der Waals surface area contributed by atoms with Crippen LogP contribution in [0.5, 0.6) is 0 Å². The zero-order valence-electron chi connectivity index (χ0n) is 11.8. The van der Waals surface area contributed by atoms with Gasteiger partial charge in [0.15, 0.2) is 5.69 Å². The largest absolute Gasteiger partial charge is 0.436 e. The van der Waals surface area contributed by atoms with Gasteiger partial charge in [-0.25, -0.2) is 4.68 Å². The number of nitrogen functional groups attached to an aromatic ring is 1. The quantitative estimate of drug-likeness (QED) is 0.786. The molecule has 1 heterocycles. The first-order chi connectivity index (χ1) is 10.9. The van der Waals surface area contributed by atoms with Gasteiger partial charge < -0.3 is 5.73 Å². The molecule has 7 heteroatoms. The maximum Gasteiger partial charge on any atom is 0.436 e. The van der Waals surface area contributed by atoms with Crippen LogP contribution in [0.25, 0.3) is 10.8 Å². The standard InChI is InChI=1S/C16H11F3N4/c17-16(18,19)14-13(8-20)15(21)23(22-14)9-11-6-3-5-10-4-1-2-7-12(10)11/h1-7H,9,21H2. The summed E-state index contributed by atoms with van der Waals surface area (Å²) in [6.07, 6.45) is -4.72. The topological polar surface area (TPSA) is 67.6 Å². The van der Waals surface area contributed by atoms with Crippen molar-refractivity contribution in [1.29, 1.82) is 5.26 Å². The van der Waals surface area contributed by atoms with Crippen molar-refractivity contribution >= 4 is 16.6 Å². The molecule has 3 rings (SSSR count). The summed E-state index contributed by atoms with van der Waals surface area (Å²) in [5.74, 6) is -0.284. The molecule has 3 aromatic rings. The lowest BCUT2D eigenvalue weighted by Gasteiger charge is -2.08. The van der Waals surface area contributed by atoms with Gasteiger partial charge in [0.1, 0.15) is 17.5 Å². The number of rotatable bonds is 2. The molecule has 2 N–H and O–H groups in total. The molecule has 23 heavy (non-hydrogen) atoms. The molecule has 0 fully saturated rings. The smallest absolute Gasteiger partial charge is 0.383 e. The normalized spacial score (nSPS) is 11.6. The number of anilines is 1. The number of fused-ring (bicyclic) bond motifs is 1. The molecule has 0 atom stereocenters. The molecule has 4 nitrogen and oxygen atoms in total. The van der Waals surface area contributed by atoms with Gasteiger partial charge in [-0.3, -0.25) is 0 Å². The fourth-order valence-corrected chi connectivity index (χ4v) is 2.50. The van der Waals surface area contributed by atoms with Gasteiger partial charge in [-0.15, -0.1) is 0 Å². The first-order valence-corrected chi connectivity index (χ1v) is 6.72. The van der Waals surface area contributed by atoms with Crippen molar-refractivity contribution in [3.05, 3.63) is 59.3 Å². The van der Waals surface area contributed by atoms with Crippen molar-refractivity contribution in [2.24, 2.45) is 0 Å². The van der Waals surface area contributed by atoms with Gasteiger partial charge in [-0.2, -0.15) is 23.5 Å². The minimum atomic E-state index is -4.72.